The minimum absolute atomic E-state index is 0.00747. The SMILES string of the molecule is CCNC(=O)[C@H](C)N(Cc1ccc(C)cc1)C(=O)CN(c1cccc(C)c1)S(=O)(=O)c1ccc(Cl)cc1. The van der Waals surface area contributed by atoms with Gasteiger partial charge in [-0.25, -0.2) is 8.42 Å². The van der Waals surface area contributed by atoms with Crippen molar-refractivity contribution in [1.29, 1.82) is 0 Å². The van der Waals surface area contributed by atoms with Crippen molar-refractivity contribution in [3.63, 3.8) is 0 Å². The van der Waals surface area contributed by atoms with E-state index in [1.807, 2.05) is 44.2 Å². The molecule has 0 radical (unpaired) electrons. The van der Waals surface area contributed by atoms with Crippen molar-refractivity contribution in [3.05, 3.63) is 94.5 Å². The Morgan fingerprint density at radius 3 is 2.19 bits per heavy atom. The molecule has 7 nitrogen and oxygen atoms in total. The Hall–Kier alpha value is -3.36. The molecule has 0 saturated heterocycles. The molecule has 0 unspecified atom stereocenters. The van der Waals surface area contributed by atoms with Crippen LogP contribution in [0.1, 0.15) is 30.5 Å². The van der Waals surface area contributed by atoms with Gasteiger partial charge in [0.15, 0.2) is 0 Å². The maximum Gasteiger partial charge on any atom is 0.264 e. The third-order valence-corrected chi connectivity index (χ3v) is 8.00. The predicted molar refractivity (Wildman–Crippen MR) is 147 cm³/mol. The summed E-state index contributed by atoms with van der Waals surface area (Å²) in [5, 5.41) is 3.15. The van der Waals surface area contributed by atoms with Crippen molar-refractivity contribution >= 4 is 39.1 Å². The molecule has 196 valence electrons. The second kappa shape index (κ2) is 12.3. The molecule has 0 heterocycles. The van der Waals surface area contributed by atoms with Gasteiger partial charge in [-0.05, 0) is 75.2 Å². The fourth-order valence-corrected chi connectivity index (χ4v) is 5.37. The van der Waals surface area contributed by atoms with Gasteiger partial charge in [-0.1, -0.05) is 53.6 Å². The van der Waals surface area contributed by atoms with Crippen LogP contribution in [-0.4, -0.2) is 44.3 Å². The number of likely N-dealkylation sites (N-methyl/N-ethyl adjacent to an activating group) is 1. The highest BCUT2D eigenvalue weighted by Gasteiger charge is 2.32. The minimum atomic E-state index is -4.12. The smallest absolute Gasteiger partial charge is 0.264 e. The Morgan fingerprint density at radius 2 is 1.59 bits per heavy atom. The number of nitrogens with zero attached hydrogens (tertiary/aromatic N) is 2. The zero-order valence-corrected chi connectivity index (χ0v) is 23.0. The number of amides is 2. The van der Waals surface area contributed by atoms with Gasteiger partial charge < -0.3 is 10.2 Å². The summed E-state index contributed by atoms with van der Waals surface area (Å²) in [5.74, 6) is -0.816. The number of anilines is 1. The van der Waals surface area contributed by atoms with E-state index in [1.54, 1.807) is 32.0 Å². The third kappa shape index (κ3) is 7.11. The van der Waals surface area contributed by atoms with Crippen molar-refractivity contribution in [1.82, 2.24) is 10.2 Å². The van der Waals surface area contributed by atoms with Gasteiger partial charge >= 0.3 is 0 Å². The molecule has 0 aliphatic heterocycles. The molecular formula is C28H32ClN3O4S. The van der Waals surface area contributed by atoms with E-state index in [0.717, 1.165) is 21.0 Å². The lowest BCUT2D eigenvalue weighted by molar-refractivity contribution is -0.139. The van der Waals surface area contributed by atoms with Gasteiger partial charge in [0.1, 0.15) is 12.6 Å². The van der Waals surface area contributed by atoms with Crippen molar-refractivity contribution < 1.29 is 18.0 Å². The molecule has 37 heavy (non-hydrogen) atoms. The largest absolute Gasteiger partial charge is 0.355 e. The minimum Gasteiger partial charge on any atom is -0.355 e. The van der Waals surface area contributed by atoms with Crippen molar-refractivity contribution in [2.75, 3.05) is 17.4 Å². The molecule has 0 aliphatic rings. The van der Waals surface area contributed by atoms with E-state index in [2.05, 4.69) is 5.32 Å². The summed E-state index contributed by atoms with van der Waals surface area (Å²) in [6.07, 6.45) is 0. The molecule has 0 saturated carbocycles. The summed E-state index contributed by atoms with van der Waals surface area (Å²) in [7, 11) is -4.12. The Labute approximate surface area is 224 Å². The number of rotatable bonds is 10. The highest BCUT2D eigenvalue weighted by Crippen LogP contribution is 2.26. The Bertz CT molecular complexity index is 1340. The molecule has 0 fully saturated rings. The van der Waals surface area contributed by atoms with Gasteiger partial charge in [-0.15, -0.1) is 0 Å². The molecule has 3 rings (SSSR count). The first-order valence-corrected chi connectivity index (χ1v) is 13.8. The van der Waals surface area contributed by atoms with E-state index in [-0.39, 0.29) is 17.3 Å². The van der Waals surface area contributed by atoms with Gasteiger partial charge in [-0.3, -0.25) is 13.9 Å². The molecule has 1 N–H and O–H groups in total. The highest BCUT2D eigenvalue weighted by molar-refractivity contribution is 7.92. The first kappa shape index (κ1) is 28.2. The van der Waals surface area contributed by atoms with Crippen LogP contribution in [0.25, 0.3) is 0 Å². The van der Waals surface area contributed by atoms with Crippen molar-refractivity contribution in [2.45, 2.75) is 45.2 Å². The molecule has 0 aromatic heterocycles. The number of nitrogens with one attached hydrogen (secondary N) is 1. The van der Waals surface area contributed by atoms with Gasteiger partial charge in [-0.2, -0.15) is 0 Å². The monoisotopic (exact) mass is 541 g/mol. The van der Waals surface area contributed by atoms with Crippen LogP contribution in [0.3, 0.4) is 0 Å². The lowest BCUT2D eigenvalue weighted by Crippen LogP contribution is -2.51. The molecule has 0 spiro atoms. The Balaban J connectivity index is 2.02. The van der Waals surface area contributed by atoms with Crippen LogP contribution in [0.4, 0.5) is 5.69 Å². The fraction of sp³-hybridized carbons (Fsp3) is 0.286. The number of carbonyl (C=O) groups excluding carboxylic acids is 2. The maximum atomic E-state index is 13.8. The van der Waals surface area contributed by atoms with E-state index in [9.17, 15) is 18.0 Å². The molecule has 3 aromatic carbocycles. The second-order valence-electron chi connectivity index (χ2n) is 8.88. The van der Waals surface area contributed by atoms with E-state index >= 15 is 0 Å². The second-order valence-corrected chi connectivity index (χ2v) is 11.2. The van der Waals surface area contributed by atoms with E-state index < -0.39 is 28.5 Å². The summed E-state index contributed by atoms with van der Waals surface area (Å²) in [6.45, 7) is 7.33. The van der Waals surface area contributed by atoms with E-state index in [0.29, 0.717) is 17.3 Å². The lowest BCUT2D eigenvalue weighted by atomic mass is 10.1. The number of aryl methyl sites for hydroxylation is 2. The van der Waals surface area contributed by atoms with Crippen LogP contribution in [0.2, 0.25) is 5.02 Å². The number of carbonyl (C=O) groups is 2. The Kier molecular flexibility index (Phi) is 9.34. The van der Waals surface area contributed by atoms with Gasteiger partial charge in [0.25, 0.3) is 10.0 Å². The van der Waals surface area contributed by atoms with Gasteiger partial charge in [0.2, 0.25) is 11.8 Å². The Morgan fingerprint density at radius 1 is 0.946 bits per heavy atom. The molecule has 2 amide bonds. The van der Waals surface area contributed by atoms with E-state index in [1.165, 1.54) is 29.2 Å². The van der Waals surface area contributed by atoms with Crippen LogP contribution < -0.4 is 9.62 Å². The number of halogens is 1. The zero-order valence-electron chi connectivity index (χ0n) is 21.4. The molecule has 3 aromatic rings. The maximum absolute atomic E-state index is 13.8. The highest BCUT2D eigenvalue weighted by atomic mass is 35.5. The summed E-state index contributed by atoms with van der Waals surface area (Å²) in [6, 6.07) is 19.6. The number of hydrogen-bond donors (Lipinski definition) is 1. The van der Waals surface area contributed by atoms with Crippen LogP contribution in [-0.2, 0) is 26.2 Å². The van der Waals surface area contributed by atoms with Gasteiger partial charge in [0, 0.05) is 18.1 Å². The first-order chi connectivity index (χ1) is 17.5. The quantitative estimate of drug-likeness (QED) is 0.403. The zero-order chi connectivity index (χ0) is 27.2. The van der Waals surface area contributed by atoms with Crippen molar-refractivity contribution in [2.24, 2.45) is 0 Å². The van der Waals surface area contributed by atoms with E-state index in [4.69, 9.17) is 11.6 Å². The lowest BCUT2D eigenvalue weighted by Gasteiger charge is -2.32. The van der Waals surface area contributed by atoms with Crippen LogP contribution >= 0.6 is 11.6 Å². The predicted octanol–water partition coefficient (Wildman–Crippen LogP) is 4.71. The molecule has 0 bridgehead atoms. The summed E-state index contributed by atoms with van der Waals surface area (Å²) in [5.41, 5.74) is 3.09. The normalized spacial score (nSPS) is 12.0. The number of hydrogen-bond acceptors (Lipinski definition) is 4. The average Bonchev–Trinajstić information content (AvgIpc) is 2.86. The first-order valence-electron chi connectivity index (χ1n) is 12.0. The van der Waals surface area contributed by atoms with Gasteiger partial charge in [0.05, 0.1) is 10.6 Å². The molecule has 9 heteroatoms. The number of sulfonamides is 1. The standard InChI is InChI=1S/C28H32ClN3O4S/c1-5-30-28(34)22(4)31(18-23-11-9-20(2)10-12-23)27(33)19-32(25-8-6-7-21(3)17-25)37(35,36)26-15-13-24(29)14-16-26/h6-17,22H,5,18-19H2,1-4H3,(H,30,34)/t22-/m0/s1. The summed E-state index contributed by atoms with van der Waals surface area (Å²) in [4.78, 5) is 27.9. The molecular weight excluding hydrogens is 510 g/mol. The molecule has 1 atom stereocenters. The number of benzene rings is 3. The van der Waals surface area contributed by atoms with Crippen molar-refractivity contribution in [3.8, 4) is 0 Å². The fourth-order valence-electron chi connectivity index (χ4n) is 3.84. The average molecular weight is 542 g/mol. The van der Waals surface area contributed by atoms with Crippen LogP contribution in [0.5, 0.6) is 0 Å². The summed E-state index contributed by atoms with van der Waals surface area (Å²) >= 11 is 5.97. The molecule has 0 aliphatic carbocycles. The summed E-state index contributed by atoms with van der Waals surface area (Å²) < 4.78 is 28.6. The topological polar surface area (TPSA) is 86.8 Å². The van der Waals surface area contributed by atoms with Crippen LogP contribution in [0.15, 0.2) is 77.7 Å². The third-order valence-electron chi connectivity index (χ3n) is 5.96. The van der Waals surface area contributed by atoms with Crippen LogP contribution in [0, 0.1) is 13.8 Å².